The topological polar surface area (TPSA) is 87.5 Å². The number of benzene rings is 1. The number of nitrogens with zero attached hydrogens (tertiary/aromatic N) is 3. The summed E-state index contributed by atoms with van der Waals surface area (Å²) < 4.78 is 20.7. The fraction of sp³-hybridized carbons (Fsp3) is 0.417. The third-order valence-corrected chi connectivity index (χ3v) is 6.70. The molecule has 1 aromatic carbocycles. The zero-order chi connectivity index (χ0) is 22.4. The van der Waals surface area contributed by atoms with Gasteiger partial charge in [-0.1, -0.05) is 6.07 Å². The summed E-state index contributed by atoms with van der Waals surface area (Å²) in [6.45, 7) is 5.53. The van der Waals surface area contributed by atoms with Gasteiger partial charge in [-0.2, -0.15) is 0 Å². The number of aryl methyl sites for hydroxylation is 1. The van der Waals surface area contributed by atoms with Crippen molar-refractivity contribution in [2.45, 2.75) is 19.4 Å². The molecule has 32 heavy (non-hydrogen) atoms. The molecular weight excluding hydrogens is 409 g/mol. The Morgan fingerprint density at radius 2 is 2.00 bits per heavy atom. The fourth-order valence-corrected chi connectivity index (χ4v) is 5.12. The van der Waals surface area contributed by atoms with E-state index in [1.807, 2.05) is 18.0 Å². The van der Waals surface area contributed by atoms with Gasteiger partial charge in [0.2, 0.25) is 5.91 Å². The van der Waals surface area contributed by atoms with Crippen LogP contribution in [0.2, 0.25) is 0 Å². The Balaban J connectivity index is 1.25. The predicted molar refractivity (Wildman–Crippen MR) is 120 cm³/mol. The zero-order valence-electron chi connectivity index (χ0n) is 18.3. The van der Waals surface area contributed by atoms with Crippen molar-refractivity contribution >= 4 is 16.9 Å². The van der Waals surface area contributed by atoms with Gasteiger partial charge in [0.1, 0.15) is 11.4 Å². The first-order valence-electron chi connectivity index (χ1n) is 11.0. The summed E-state index contributed by atoms with van der Waals surface area (Å²) in [5.41, 5.74) is 8.56. The van der Waals surface area contributed by atoms with Crippen molar-refractivity contribution in [2.75, 3.05) is 33.2 Å². The van der Waals surface area contributed by atoms with E-state index in [1.165, 1.54) is 6.07 Å². The SMILES string of the molecule is Cc1c[nH]c2nccc(Oc3ccc(C[C@H](N)C(=O)N4C[C@H]5CN(C)C[C@H]5C4)cc3F)c12. The first-order valence-corrected chi connectivity index (χ1v) is 11.0. The Morgan fingerprint density at radius 3 is 2.72 bits per heavy atom. The smallest absolute Gasteiger partial charge is 0.239 e. The molecule has 168 valence electrons. The summed E-state index contributed by atoms with van der Waals surface area (Å²) in [6, 6.07) is 5.79. The van der Waals surface area contributed by atoms with E-state index < -0.39 is 11.9 Å². The third kappa shape index (κ3) is 3.84. The van der Waals surface area contributed by atoms with Crippen molar-refractivity contribution in [3.8, 4) is 11.5 Å². The Hall–Kier alpha value is -2.97. The number of hydrogen-bond acceptors (Lipinski definition) is 5. The number of rotatable bonds is 5. The monoisotopic (exact) mass is 437 g/mol. The van der Waals surface area contributed by atoms with E-state index in [0.29, 0.717) is 28.8 Å². The van der Waals surface area contributed by atoms with Gasteiger partial charge in [0.25, 0.3) is 0 Å². The third-order valence-electron chi connectivity index (χ3n) is 6.70. The number of hydrogen-bond donors (Lipinski definition) is 2. The van der Waals surface area contributed by atoms with Gasteiger partial charge in [-0.15, -0.1) is 0 Å². The molecule has 0 saturated carbocycles. The average Bonchev–Trinajstić information content (AvgIpc) is 3.42. The number of carbonyl (C=O) groups is 1. The van der Waals surface area contributed by atoms with Crippen molar-refractivity contribution in [2.24, 2.45) is 17.6 Å². The lowest BCUT2D eigenvalue weighted by Gasteiger charge is -2.23. The first-order chi connectivity index (χ1) is 15.4. The number of H-pyrrole nitrogens is 1. The van der Waals surface area contributed by atoms with E-state index in [9.17, 15) is 9.18 Å². The highest BCUT2D eigenvalue weighted by Gasteiger charge is 2.41. The number of ether oxygens (including phenoxy) is 1. The molecule has 8 heteroatoms. The molecule has 0 bridgehead atoms. The van der Waals surface area contributed by atoms with Crippen LogP contribution in [0.1, 0.15) is 11.1 Å². The van der Waals surface area contributed by atoms with Crippen LogP contribution in [0.5, 0.6) is 11.5 Å². The summed E-state index contributed by atoms with van der Waals surface area (Å²) in [4.78, 5) is 24.4. The van der Waals surface area contributed by atoms with E-state index in [0.717, 1.165) is 37.1 Å². The Kier molecular flexibility index (Phi) is 5.35. The molecule has 0 radical (unpaired) electrons. The minimum atomic E-state index is -0.681. The number of likely N-dealkylation sites (tertiary alicyclic amines) is 2. The maximum absolute atomic E-state index is 14.8. The molecule has 1 amide bonds. The van der Waals surface area contributed by atoms with Crippen LogP contribution in [0, 0.1) is 24.6 Å². The lowest BCUT2D eigenvalue weighted by molar-refractivity contribution is -0.131. The largest absolute Gasteiger partial charge is 0.453 e. The molecular formula is C24H28FN5O2. The second-order valence-electron chi connectivity index (χ2n) is 9.17. The summed E-state index contributed by atoms with van der Waals surface area (Å²) in [5.74, 6) is 1.20. The number of amides is 1. The Morgan fingerprint density at radius 1 is 1.25 bits per heavy atom. The molecule has 7 nitrogen and oxygen atoms in total. The molecule has 2 fully saturated rings. The number of aromatic nitrogens is 2. The van der Waals surface area contributed by atoms with Gasteiger partial charge in [0.05, 0.1) is 11.4 Å². The molecule has 3 atom stereocenters. The van der Waals surface area contributed by atoms with Crippen LogP contribution in [0.25, 0.3) is 11.0 Å². The average molecular weight is 438 g/mol. The molecule has 4 heterocycles. The molecule has 5 rings (SSSR count). The van der Waals surface area contributed by atoms with Crippen molar-refractivity contribution in [1.29, 1.82) is 0 Å². The second-order valence-corrected chi connectivity index (χ2v) is 9.17. The molecule has 2 aliphatic heterocycles. The number of aromatic amines is 1. The summed E-state index contributed by atoms with van der Waals surface area (Å²) in [5, 5.41) is 0.824. The fourth-order valence-electron chi connectivity index (χ4n) is 5.12. The Labute approximate surface area is 186 Å². The highest BCUT2D eigenvalue weighted by molar-refractivity contribution is 5.86. The van der Waals surface area contributed by atoms with Gasteiger partial charge in [-0.05, 0) is 61.6 Å². The number of fused-ring (bicyclic) bond motifs is 2. The maximum atomic E-state index is 14.8. The molecule has 3 aromatic rings. The first kappa shape index (κ1) is 20.9. The molecule has 3 N–H and O–H groups in total. The van der Waals surface area contributed by atoms with Gasteiger partial charge in [0, 0.05) is 38.6 Å². The van der Waals surface area contributed by atoms with Gasteiger partial charge in [0.15, 0.2) is 11.6 Å². The second kappa shape index (κ2) is 8.18. The van der Waals surface area contributed by atoms with Gasteiger partial charge >= 0.3 is 0 Å². The number of carbonyl (C=O) groups excluding carboxylic acids is 1. The van der Waals surface area contributed by atoms with Crippen LogP contribution < -0.4 is 10.5 Å². The van der Waals surface area contributed by atoms with Crippen LogP contribution in [-0.4, -0.2) is 64.9 Å². The highest BCUT2D eigenvalue weighted by atomic mass is 19.1. The molecule has 2 aliphatic rings. The summed E-state index contributed by atoms with van der Waals surface area (Å²) in [6.07, 6.45) is 3.75. The van der Waals surface area contributed by atoms with Crippen LogP contribution in [0.3, 0.4) is 0 Å². The van der Waals surface area contributed by atoms with Crippen molar-refractivity contribution in [3.05, 3.63) is 53.6 Å². The lowest BCUT2D eigenvalue weighted by atomic mass is 10.0. The van der Waals surface area contributed by atoms with Gasteiger partial charge in [-0.3, -0.25) is 4.79 Å². The summed E-state index contributed by atoms with van der Waals surface area (Å²) >= 11 is 0. The number of nitrogens with one attached hydrogen (secondary N) is 1. The van der Waals surface area contributed by atoms with Crippen LogP contribution in [0.15, 0.2) is 36.7 Å². The molecule has 0 unspecified atom stereocenters. The predicted octanol–water partition coefficient (Wildman–Crippen LogP) is 2.69. The summed E-state index contributed by atoms with van der Waals surface area (Å²) in [7, 11) is 2.12. The molecule has 0 spiro atoms. The van der Waals surface area contributed by atoms with Crippen LogP contribution >= 0.6 is 0 Å². The maximum Gasteiger partial charge on any atom is 0.239 e. The number of halogens is 1. The van der Waals surface area contributed by atoms with E-state index in [-0.39, 0.29) is 18.1 Å². The quantitative estimate of drug-likeness (QED) is 0.641. The van der Waals surface area contributed by atoms with E-state index in [2.05, 4.69) is 21.9 Å². The zero-order valence-corrected chi connectivity index (χ0v) is 18.3. The van der Waals surface area contributed by atoms with Crippen molar-refractivity contribution in [1.82, 2.24) is 19.8 Å². The van der Waals surface area contributed by atoms with Crippen LogP contribution in [-0.2, 0) is 11.2 Å². The van der Waals surface area contributed by atoms with Crippen molar-refractivity contribution < 1.29 is 13.9 Å². The van der Waals surface area contributed by atoms with E-state index >= 15 is 0 Å². The molecule has 2 saturated heterocycles. The number of pyridine rings is 1. The van der Waals surface area contributed by atoms with E-state index in [4.69, 9.17) is 10.5 Å². The van der Waals surface area contributed by atoms with Gasteiger partial charge in [-0.25, -0.2) is 9.37 Å². The van der Waals surface area contributed by atoms with Crippen molar-refractivity contribution in [3.63, 3.8) is 0 Å². The van der Waals surface area contributed by atoms with E-state index in [1.54, 1.807) is 24.4 Å². The van der Waals surface area contributed by atoms with Gasteiger partial charge < -0.3 is 25.3 Å². The molecule has 0 aliphatic carbocycles. The highest BCUT2D eigenvalue weighted by Crippen LogP contribution is 2.33. The Bertz CT molecular complexity index is 1150. The number of nitrogens with two attached hydrogens (primary N) is 1. The minimum Gasteiger partial charge on any atom is -0.453 e. The lowest BCUT2D eigenvalue weighted by Crippen LogP contribution is -2.44. The normalized spacial score (nSPS) is 21.8. The van der Waals surface area contributed by atoms with Crippen LogP contribution in [0.4, 0.5) is 4.39 Å². The minimum absolute atomic E-state index is 0.0510. The molecule has 2 aromatic heterocycles. The standard InChI is InChI=1S/C24H28FN5O2/c1-14-9-28-23-22(14)21(5-6-27-23)32-20-4-3-15(7-18(20)25)8-19(26)24(31)30-12-16-10-29(2)11-17(16)13-30/h3-7,9,16-17,19H,8,10-13,26H2,1-2H3,(H,27,28)/t16-,17+,19-/m0/s1.